The van der Waals surface area contributed by atoms with Crippen LogP contribution in [0.5, 0.6) is 5.75 Å². The smallest absolute Gasteiger partial charge is 0.406 e. The van der Waals surface area contributed by atoms with Crippen molar-refractivity contribution >= 4 is 17.4 Å². The third-order valence-electron chi connectivity index (χ3n) is 4.83. The summed E-state index contributed by atoms with van der Waals surface area (Å²) >= 11 is 0. The Hall–Kier alpha value is -3.88. The lowest BCUT2D eigenvalue weighted by Gasteiger charge is -2.16. The normalized spacial score (nSPS) is 15.9. The molecule has 3 aromatic carbocycles. The molecule has 164 valence electrons. The third-order valence-corrected chi connectivity index (χ3v) is 4.83. The quantitative estimate of drug-likeness (QED) is 0.522. The first-order valence-electron chi connectivity index (χ1n) is 9.62. The second-order valence-electron chi connectivity index (χ2n) is 7.04. The summed E-state index contributed by atoms with van der Waals surface area (Å²) in [6.07, 6.45) is -4.79. The number of urea groups is 1. The van der Waals surface area contributed by atoms with Crippen LogP contribution in [0, 0.1) is 5.82 Å². The number of hydrazone groups is 1. The van der Waals surface area contributed by atoms with Crippen LogP contribution in [0.25, 0.3) is 0 Å². The number of benzene rings is 3. The average molecular weight is 443 g/mol. The Kier molecular flexibility index (Phi) is 5.81. The third kappa shape index (κ3) is 5.05. The van der Waals surface area contributed by atoms with Crippen LogP contribution in [-0.4, -0.2) is 29.7 Å². The van der Waals surface area contributed by atoms with E-state index in [0.717, 1.165) is 23.3 Å². The van der Waals surface area contributed by atoms with E-state index in [0.29, 0.717) is 5.71 Å². The minimum atomic E-state index is -4.79. The molecular formula is C23H17F4N3O2. The van der Waals surface area contributed by atoms with Gasteiger partial charge in [-0.05, 0) is 47.5 Å². The molecule has 1 atom stereocenters. The van der Waals surface area contributed by atoms with E-state index in [2.05, 4.69) is 15.2 Å². The molecule has 1 N–H and O–H groups in total. The highest BCUT2D eigenvalue weighted by Gasteiger charge is 2.33. The molecular weight excluding hydrogens is 426 g/mol. The van der Waals surface area contributed by atoms with E-state index in [4.69, 9.17) is 0 Å². The van der Waals surface area contributed by atoms with Crippen LogP contribution in [0.1, 0.15) is 17.0 Å². The molecule has 1 aliphatic heterocycles. The molecule has 9 heteroatoms. The van der Waals surface area contributed by atoms with E-state index >= 15 is 0 Å². The highest BCUT2D eigenvalue weighted by atomic mass is 19.4. The predicted molar refractivity (Wildman–Crippen MR) is 111 cm³/mol. The summed E-state index contributed by atoms with van der Waals surface area (Å²) in [5, 5.41) is 8.33. The fourth-order valence-electron chi connectivity index (χ4n) is 3.38. The molecule has 5 nitrogen and oxygen atoms in total. The molecule has 0 aliphatic carbocycles. The van der Waals surface area contributed by atoms with Gasteiger partial charge in [-0.15, -0.1) is 13.2 Å². The number of carbonyl (C=O) groups excluding carboxylic acids is 1. The zero-order valence-corrected chi connectivity index (χ0v) is 16.5. The highest BCUT2D eigenvalue weighted by molar-refractivity contribution is 6.07. The lowest BCUT2D eigenvalue weighted by molar-refractivity contribution is -0.274. The van der Waals surface area contributed by atoms with E-state index in [1.54, 1.807) is 12.1 Å². The Balaban J connectivity index is 1.53. The van der Waals surface area contributed by atoms with Gasteiger partial charge in [0.2, 0.25) is 0 Å². The van der Waals surface area contributed by atoms with Gasteiger partial charge in [-0.2, -0.15) is 5.10 Å². The van der Waals surface area contributed by atoms with E-state index in [-0.39, 0.29) is 24.0 Å². The van der Waals surface area contributed by atoms with E-state index in [9.17, 15) is 22.4 Å². The first-order valence-corrected chi connectivity index (χ1v) is 9.62. The first-order chi connectivity index (χ1) is 15.3. The fourth-order valence-corrected chi connectivity index (χ4v) is 3.38. The maximum Gasteiger partial charge on any atom is 0.573 e. The van der Waals surface area contributed by atoms with Crippen LogP contribution < -0.4 is 10.1 Å². The van der Waals surface area contributed by atoms with Gasteiger partial charge in [0.05, 0.1) is 12.3 Å². The van der Waals surface area contributed by atoms with E-state index in [1.807, 2.05) is 30.3 Å². The standard InChI is InChI=1S/C23H17F4N3O2/c24-17-8-6-15(7-9-17)20-14-30(29-21(20)16-4-2-1-3-5-16)22(31)28-18-10-12-19(13-11-18)32-23(25,26)27/h1-13,20H,14H2,(H,28,31). The van der Waals surface area contributed by atoms with E-state index in [1.165, 1.54) is 29.3 Å². The Morgan fingerprint density at radius 2 is 1.62 bits per heavy atom. The summed E-state index contributed by atoms with van der Waals surface area (Å²) in [5.74, 6) is -1.03. The molecule has 0 bridgehead atoms. The molecule has 32 heavy (non-hydrogen) atoms. The molecule has 2 amide bonds. The van der Waals surface area contributed by atoms with Crippen LogP contribution in [0.3, 0.4) is 0 Å². The number of amides is 2. The number of nitrogens with zero attached hydrogens (tertiary/aromatic N) is 2. The van der Waals surface area contributed by atoms with Crippen molar-refractivity contribution in [2.75, 3.05) is 11.9 Å². The molecule has 0 aromatic heterocycles. The van der Waals surface area contributed by atoms with Crippen LogP contribution in [-0.2, 0) is 0 Å². The molecule has 0 radical (unpaired) electrons. The van der Waals surface area contributed by atoms with Crippen LogP contribution in [0.15, 0.2) is 84.0 Å². The van der Waals surface area contributed by atoms with Gasteiger partial charge >= 0.3 is 12.4 Å². The lowest BCUT2D eigenvalue weighted by Crippen LogP contribution is -2.30. The number of hydrogen-bond donors (Lipinski definition) is 1. The molecule has 0 spiro atoms. The van der Waals surface area contributed by atoms with Crippen molar-refractivity contribution in [3.05, 3.63) is 95.8 Å². The Bertz CT molecular complexity index is 1110. The molecule has 0 saturated carbocycles. The van der Waals surface area contributed by atoms with Crippen molar-refractivity contribution in [1.29, 1.82) is 0 Å². The summed E-state index contributed by atoms with van der Waals surface area (Å²) in [7, 11) is 0. The Morgan fingerprint density at radius 3 is 2.25 bits per heavy atom. The number of alkyl halides is 3. The maximum atomic E-state index is 13.4. The van der Waals surface area contributed by atoms with Gasteiger partial charge in [0.25, 0.3) is 0 Å². The second-order valence-corrected chi connectivity index (χ2v) is 7.04. The number of carbonyl (C=O) groups is 1. The zero-order chi connectivity index (χ0) is 22.7. The van der Waals surface area contributed by atoms with Gasteiger partial charge in [-0.1, -0.05) is 42.5 Å². The van der Waals surface area contributed by atoms with Crippen LogP contribution in [0.4, 0.5) is 28.0 Å². The largest absolute Gasteiger partial charge is 0.573 e. The topological polar surface area (TPSA) is 53.9 Å². The number of rotatable bonds is 4. The second kappa shape index (κ2) is 8.70. The molecule has 3 aromatic rings. The summed E-state index contributed by atoms with van der Waals surface area (Å²) in [6.45, 7) is 0.219. The summed E-state index contributed by atoms with van der Waals surface area (Å²) in [4.78, 5) is 12.8. The van der Waals surface area contributed by atoms with Crippen molar-refractivity contribution in [3.8, 4) is 5.75 Å². The molecule has 4 rings (SSSR count). The summed E-state index contributed by atoms with van der Waals surface area (Å²) in [6, 6.07) is 19.6. The first kappa shape index (κ1) is 21.4. The van der Waals surface area contributed by atoms with Gasteiger partial charge in [0, 0.05) is 11.6 Å². The maximum absolute atomic E-state index is 13.4. The SMILES string of the molecule is O=C(Nc1ccc(OC(F)(F)F)cc1)N1CC(c2ccc(F)cc2)C(c2ccccc2)=N1. The number of ether oxygens (including phenoxy) is 1. The molecule has 1 heterocycles. The number of hydrogen-bond acceptors (Lipinski definition) is 3. The summed E-state index contributed by atoms with van der Waals surface area (Å²) < 4.78 is 54.1. The monoisotopic (exact) mass is 443 g/mol. The minimum Gasteiger partial charge on any atom is -0.406 e. The minimum absolute atomic E-state index is 0.219. The van der Waals surface area contributed by atoms with Gasteiger partial charge in [-0.3, -0.25) is 0 Å². The van der Waals surface area contributed by atoms with Crippen molar-refractivity contribution in [3.63, 3.8) is 0 Å². The number of nitrogens with one attached hydrogen (secondary N) is 1. The molecule has 0 fully saturated rings. The average Bonchev–Trinajstić information content (AvgIpc) is 3.21. The van der Waals surface area contributed by atoms with Gasteiger partial charge < -0.3 is 10.1 Å². The summed E-state index contributed by atoms with van der Waals surface area (Å²) in [5.41, 5.74) is 2.57. The van der Waals surface area contributed by atoms with Gasteiger partial charge in [0.15, 0.2) is 0 Å². The van der Waals surface area contributed by atoms with Crippen molar-refractivity contribution in [1.82, 2.24) is 5.01 Å². The van der Waals surface area contributed by atoms with Crippen LogP contribution in [0.2, 0.25) is 0 Å². The lowest BCUT2D eigenvalue weighted by atomic mass is 9.90. The van der Waals surface area contributed by atoms with Gasteiger partial charge in [0.1, 0.15) is 11.6 Å². The van der Waals surface area contributed by atoms with E-state index < -0.39 is 18.1 Å². The Labute approximate surface area is 180 Å². The Morgan fingerprint density at radius 1 is 0.969 bits per heavy atom. The van der Waals surface area contributed by atoms with Crippen LogP contribution >= 0.6 is 0 Å². The highest BCUT2D eigenvalue weighted by Crippen LogP contribution is 2.30. The number of halogens is 4. The number of anilines is 1. The molecule has 1 unspecified atom stereocenters. The fraction of sp³-hybridized carbons (Fsp3) is 0.130. The van der Waals surface area contributed by atoms with Gasteiger partial charge in [-0.25, -0.2) is 14.2 Å². The van der Waals surface area contributed by atoms with Crippen molar-refractivity contribution < 1.29 is 27.1 Å². The zero-order valence-electron chi connectivity index (χ0n) is 16.5. The van der Waals surface area contributed by atoms with Crippen molar-refractivity contribution in [2.24, 2.45) is 5.10 Å². The molecule has 1 aliphatic rings. The van der Waals surface area contributed by atoms with Crippen molar-refractivity contribution in [2.45, 2.75) is 12.3 Å². The predicted octanol–water partition coefficient (Wildman–Crippen LogP) is 5.76. The molecule has 0 saturated heterocycles.